The molecule has 0 spiro atoms. The molecule has 0 aliphatic rings. The molecule has 0 aromatic heterocycles. The summed E-state index contributed by atoms with van der Waals surface area (Å²) in [5, 5.41) is 5.06. The highest BCUT2D eigenvalue weighted by Gasteiger charge is 2.13. The van der Waals surface area contributed by atoms with Crippen LogP contribution in [-0.4, -0.2) is 14.5 Å². The fourth-order valence-electron chi connectivity index (χ4n) is 1.30. The standard InChI is InChI=1S/C9H14N2O2S/c1-7(10)6-8-4-2-3-5-9(8)14(11,12)13/h2-5,7H,6,10H2,1H3,(H2,11,12,13)/t7-/m1/s1. The number of sulfonamides is 1. The van der Waals surface area contributed by atoms with E-state index >= 15 is 0 Å². The predicted octanol–water partition coefficient (Wildman–Crippen LogP) is 0.224. The van der Waals surface area contributed by atoms with E-state index in [2.05, 4.69) is 0 Å². The van der Waals surface area contributed by atoms with E-state index in [1.54, 1.807) is 18.2 Å². The molecule has 78 valence electrons. The van der Waals surface area contributed by atoms with Gasteiger partial charge in [0.2, 0.25) is 10.0 Å². The van der Waals surface area contributed by atoms with Gasteiger partial charge in [-0.15, -0.1) is 0 Å². The molecule has 0 unspecified atom stereocenters. The van der Waals surface area contributed by atoms with E-state index in [1.807, 2.05) is 6.92 Å². The number of hydrogen-bond donors (Lipinski definition) is 2. The van der Waals surface area contributed by atoms with Gasteiger partial charge in [0.25, 0.3) is 0 Å². The van der Waals surface area contributed by atoms with Crippen molar-refractivity contribution in [1.82, 2.24) is 0 Å². The summed E-state index contributed by atoms with van der Waals surface area (Å²) in [5.41, 5.74) is 6.27. The predicted molar refractivity (Wildman–Crippen MR) is 55.2 cm³/mol. The van der Waals surface area contributed by atoms with Gasteiger partial charge in [-0.2, -0.15) is 0 Å². The van der Waals surface area contributed by atoms with Gasteiger partial charge in [0.1, 0.15) is 0 Å². The summed E-state index contributed by atoms with van der Waals surface area (Å²) in [6.45, 7) is 1.82. The Bertz CT molecular complexity index is 413. The summed E-state index contributed by atoms with van der Waals surface area (Å²) >= 11 is 0. The highest BCUT2D eigenvalue weighted by molar-refractivity contribution is 7.89. The van der Waals surface area contributed by atoms with Gasteiger partial charge in [-0.1, -0.05) is 18.2 Å². The molecule has 0 heterocycles. The Morgan fingerprint density at radius 1 is 1.36 bits per heavy atom. The lowest BCUT2D eigenvalue weighted by atomic mass is 10.1. The van der Waals surface area contributed by atoms with Crippen LogP contribution < -0.4 is 10.9 Å². The molecule has 4 N–H and O–H groups in total. The van der Waals surface area contributed by atoms with Crippen molar-refractivity contribution in [2.75, 3.05) is 0 Å². The molecule has 0 aliphatic heterocycles. The molecule has 0 amide bonds. The second kappa shape index (κ2) is 4.08. The summed E-state index contributed by atoms with van der Waals surface area (Å²) in [7, 11) is -3.63. The lowest BCUT2D eigenvalue weighted by Crippen LogP contribution is -2.21. The third kappa shape index (κ3) is 2.80. The first-order chi connectivity index (χ1) is 6.41. The topological polar surface area (TPSA) is 86.2 Å². The van der Waals surface area contributed by atoms with Crippen LogP contribution in [0.15, 0.2) is 29.2 Å². The van der Waals surface area contributed by atoms with Gasteiger partial charge < -0.3 is 5.73 Å². The van der Waals surface area contributed by atoms with Crippen molar-refractivity contribution in [3.8, 4) is 0 Å². The van der Waals surface area contributed by atoms with Crippen LogP contribution in [0.2, 0.25) is 0 Å². The van der Waals surface area contributed by atoms with E-state index in [-0.39, 0.29) is 10.9 Å². The van der Waals surface area contributed by atoms with Crippen LogP contribution in [0.5, 0.6) is 0 Å². The Balaban J connectivity index is 3.17. The van der Waals surface area contributed by atoms with Gasteiger partial charge in [0, 0.05) is 6.04 Å². The minimum atomic E-state index is -3.63. The smallest absolute Gasteiger partial charge is 0.238 e. The zero-order chi connectivity index (χ0) is 10.8. The zero-order valence-electron chi connectivity index (χ0n) is 7.97. The molecule has 0 bridgehead atoms. The van der Waals surface area contributed by atoms with Crippen LogP contribution >= 0.6 is 0 Å². The third-order valence-electron chi connectivity index (χ3n) is 1.82. The van der Waals surface area contributed by atoms with Gasteiger partial charge in [-0.25, -0.2) is 13.6 Å². The SMILES string of the molecule is C[C@@H](N)Cc1ccccc1S(N)(=O)=O. The average molecular weight is 214 g/mol. The molecule has 0 aliphatic carbocycles. The molecule has 0 fully saturated rings. The van der Waals surface area contributed by atoms with Crippen molar-refractivity contribution >= 4 is 10.0 Å². The van der Waals surface area contributed by atoms with Gasteiger partial charge in [0.15, 0.2) is 0 Å². The minimum Gasteiger partial charge on any atom is -0.328 e. The molecular formula is C9H14N2O2S. The molecule has 1 rings (SSSR count). The van der Waals surface area contributed by atoms with Crippen LogP contribution in [0.25, 0.3) is 0 Å². The van der Waals surface area contributed by atoms with Crippen molar-refractivity contribution in [3.05, 3.63) is 29.8 Å². The molecule has 4 nitrogen and oxygen atoms in total. The number of nitrogens with two attached hydrogens (primary N) is 2. The van der Waals surface area contributed by atoms with Crippen LogP contribution in [0.1, 0.15) is 12.5 Å². The van der Waals surface area contributed by atoms with E-state index in [0.29, 0.717) is 12.0 Å². The normalized spacial score (nSPS) is 13.9. The molecule has 5 heteroatoms. The Morgan fingerprint density at radius 2 is 1.93 bits per heavy atom. The summed E-state index contributed by atoms with van der Waals surface area (Å²) < 4.78 is 22.3. The molecule has 1 atom stereocenters. The summed E-state index contributed by atoms with van der Waals surface area (Å²) in [5.74, 6) is 0. The Labute approximate surface area is 84.0 Å². The van der Waals surface area contributed by atoms with E-state index in [4.69, 9.17) is 10.9 Å². The van der Waals surface area contributed by atoms with Crippen molar-refractivity contribution in [2.45, 2.75) is 24.3 Å². The first-order valence-corrected chi connectivity index (χ1v) is 5.82. The largest absolute Gasteiger partial charge is 0.328 e. The molecule has 0 radical (unpaired) electrons. The van der Waals surface area contributed by atoms with Crippen molar-refractivity contribution in [2.24, 2.45) is 10.9 Å². The second-order valence-corrected chi connectivity index (χ2v) is 4.86. The lowest BCUT2D eigenvalue weighted by molar-refractivity contribution is 0.595. The maximum Gasteiger partial charge on any atom is 0.238 e. The summed E-state index contributed by atoms with van der Waals surface area (Å²) in [6.07, 6.45) is 0.507. The van der Waals surface area contributed by atoms with Crippen LogP contribution in [0.4, 0.5) is 0 Å². The molecule has 1 aromatic carbocycles. The second-order valence-electron chi connectivity index (χ2n) is 3.33. The Morgan fingerprint density at radius 3 is 2.43 bits per heavy atom. The maximum absolute atomic E-state index is 11.2. The maximum atomic E-state index is 11.2. The fraction of sp³-hybridized carbons (Fsp3) is 0.333. The van der Waals surface area contributed by atoms with Crippen LogP contribution in [0.3, 0.4) is 0 Å². The fourth-order valence-corrected chi connectivity index (χ4v) is 2.08. The number of primary sulfonamides is 1. The van der Waals surface area contributed by atoms with Gasteiger partial charge in [-0.3, -0.25) is 0 Å². The lowest BCUT2D eigenvalue weighted by Gasteiger charge is -2.09. The summed E-state index contributed by atoms with van der Waals surface area (Å²) in [6, 6.07) is 6.55. The van der Waals surface area contributed by atoms with Gasteiger partial charge in [0.05, 0.1) is 4.90 Å². The van der Waals surface area contributed by atoms with Gasteiger partial charge >= 0.3 is 0 Å². The molecule has 0 saturated carbocycles. The van der Waals surface area contributed by atoms with Crippen molar-refractivity contribution in [3.63, 3.8) is 0 Å². The van der Waals surface area contributed by atoms with Crippen LogP contribution in [0, 0.1) is 0 Å². The Kier molecular flexibility index (Phi) is 3.25. The zero-order valence-corrected chi connectivity index (χ0v) is 8.79. The monoisotopic (exact) mass is 214 g/mol. The number of hydrogen-bond acceptors (Lipinski definition) is 3. The first-order valence-electron chi connectivity index (χ1n) is 4.27. The summed E-state index contributed by atoms with van der Waals surface area (Å²) in [4.78, 5) is 0.164. The highest BCUT2D eigenvalue weighted by Crippen LogP contribution is 2.14. The first kappa shape index (κ1) is 11.2. The molecule has 1 aromatic rings. The van der Waals surface area contributed by atoms with Crippen molar-refractivity contribution in [1.29, 1.82) is 0 Å². The van der Waals surface area contributed by atoms with Crippen molar-refractivity contribution < 1.29 is 8.42 Å². The highest BCUT2D eigenvalue weighted by atomic mass is 32.2. The average Bonchev–Trinajstić information content (AvgIpc) is 2.01. The van der Waals surface area contributed by atoms with E-state index in [0.717, 1.165) is 0 Å². The number of rotatable bonds is 3. The van der Waals surface area contributed by atoms with E-state index < -0.39 is 10.0 Å². The molecule has 0 saturated heterocycles. The minimum absolute atomic E-state index is 0.0853. The number of benzene rings is 1. The van der Waals surface area contributed by atoms with Crippen LogP contribution in [-0.2, 0) is 16.4 Å². The third-order valence-corrected chi connectivity index (χ3v) is 2.83. The quantitative estimate of drug-likeness (QED) is 0.754. The molecular weight excluding hydrogens is 200 g/mol. The Hall–Kier alpha value is -0.910. The van der Waals surface area contributed by atoms with E-state index in [1.165, 1.54) is 6.07 Å². The van der Waals surface area contributed by atoms with Gasteiger partial charge in [-0.05, 0) is 25.0 Å². The molecule has 14 heavy (non-hydrogen) atoms. The van der Waals surface area contributed by atoms with E-state index in [9.17, 15) is 8.42 Å².